The Morgan fingerprint density at radius 3 is 1.41 bits per heavy atom. The average molecular weight is 945 g/mol. The van der Waals surface area contributed by atoms with Gasteiger partial charge in [0, 0.05) is 6.42 Å². The third kappa shape index (κ3) is 49.8. The van der Waals surface area contributed by atoms with Gasteiger partial charge in [0.1, 0.15) is 13.2 Å². The van der Waals surface area contributed by atoms with Crippen molar-refractivity contribution in [2.75, 3.05) is 40.9 Å². The molecule has 66 heavy (non-hydrogen) atoms. The van der Waals surface area contributed by atoms with Crippen molar-refractivity contribution in [3.63, 3.8) is 0 Å². The van der Waals surface area contributed by atoms with Crippen LogP contribution in [-0.2, 0) is 18.4 Å². The summed E-state index contributed by atoms with van der Waals surface area (Å²) in [5.74, 6) is -0.249. The molecule has 0 aliphatic rings. The van der Waals surface area contributed by atoms with Gasteiger partial charge in [0.15, 0.2) is 0 Å². The number of phosphoric acid groups is 1. The standard InChI is InChI=1S/C57H105N2O6P/c1-6-8-10-12-14-16-18-20-22-23-24-25-26-27-28-29-30-31-32-33-34-35-37-38-40-42-44-46-48-50-56(60)55(54-65-66(62,63)64-53-52-59(3,4)5)58-57(61)51-49-47-45-43-41-39-36-21-19-17-15-13-11-9-7-2/h9,11,15,17,21,36,40-43,48,50,55-56,60H,6-8,10,12-14,16,18-20,22-35,37-39,44-47,49,51-54H2,1-5H3,(H-,58,61,62,63)/b11-9-,17-15-,36-21-,42-40+,43-41-,50-48+. The number of allylic oxidation sites excluding steroid dienone is 11. The number of likely N-dealkylation sites (N-methyl/N-ethyl adjacent to an activating group) is 1. The molecule has 0 aliphatic carbocycles. The van der Waals surface area contributed by atoms with E-state index in [0.29, 0.717) is 17.4 Å². The van der Waals surface area contributed by atoms with Gasteiger partial charge in [-0.1, -0.05) is 228 Å². The fourth-order valence-electron chi connectivity index (χ4n) is 7.63. The van der Waals surface area contributed by atoms with E-state index in [9.17, 15) is 19.4 Å². The van der Waals surface area contributed by atoms with E-state index in [1.54, 1.807) is 6.08 Å². The summed E-state index contributed by atoms with van der Waals surface area (Å²) in [5, 5.41) is 13.8. The number of hydrogen-bond donors (Lipinski definition) is 2. The molecule has 3 atom stereocenters. The maximum absolute atomic E-state index is 12.9. The van der Waals surface area contributed by atoms with Gasteiger partial charge in [-0.05, 0) is 70.6 Å². The summed E-state index contributed by atoms with van der Waals surface area (Å²) in [6.45, 7) is 4.48. The molecular formula is C57H105N2O6P. The van der Waals surface area contributed by atoms with E-state index in [4.69, 9.17) is 9.05 Å². The quantitative estimate of drug-likeness (QED) is 0.0272. The number of carbonyl (C=O) groups is 1. The lowest BCUT2D eigenvalue weighted by Gasteiger charge is -2.29. The minimum atomic E-state index is -4.62. The van der Waals surface area contributed by atoms with E-state index in [1.807, 2.05) is 27.2 Å². The molecule has 0 saturated carbocycles. The summed E-state index contributed by atoms with van der Waals surface area (Å²) in [5.41, 5.74) is 0. The molecule has 2 N–H and O–H groups in total. The highest BCUT2D eigenvalue weighted by molar-refractivity contribution is 7.45. The molecule has 0 aromatic carbocycles. The minimum Gasteiger partial charge on any atom is -0.756 e. The van der Waals surface area contributed by atoms with Gasteiger partial charge in [-0.3, -0.25) is 9.36 Å². The number of amides is 1. The lowest BCUT2D eigenvalue weighted by molar-refractivity contribution is -0.870. The number of aliphatic hydroxyl groups excluding tert-OH is 1. The molecule has 0 heterocycles. The molecule has 0 bridgehead atoms. The van der Waals surface area contributed by atoms with Crippen molar-refractivity contribution < 1.29 is 32.9 Å². The van der Waals surface area contributed by atoms with Gasteiger partial charge in [0.2, 0.25) is 5.91 Å². The lowest BCUT2D eigenvalue weighted by Crippen LogP contribution is -2.45. The molecule has 9 heteroatoms. The summed E-state index contributed by atoms with van der Waals surface area (Å²) >= 11 is 0. The molecular weight excluding hydrogens is 840 g/mol. The molecule has 0 fully saturated rings. The second-order valence-electron chi connectivity index (χ2n) is 19.5. The number of nitrogens with one attached hydrogen (secondary N) is 1. The summed E-state index contributed by atoms with van der Waals surface area (Å²) < 4.78 is 23.2. The average Bonchev–Trinajstić information content (AvgIpc) is 3.28. The number of nitrogens with zero attached hydrogens (tertiary/aromatic N) is 1. The third-order valence-corrected chi connectivity index (χ3v) is 12.9. The van der Waals surface area contributed by atoms with Gasteiger partial charge in [-0.15, -0.1) is 0 Å². The normalized spacial score (nSPS) is 14.6. The highest BCUT2D eigenvalue weighted by atomic mass is 31.2. The van der Waals surface area contributed by atoms with Gasteiger partial charge in [0.25, 0.3) is 7.82 Å². The second-order valence-corrected chi connectivity index (χ2v) is 21.0. The van der Waals surface area contributed by atoms with Crippen LogP contribution in [0.4, 0.5) is 0 Å². The number of hydrogen-bond acceptors (Lipinski definition) is 6. The van der Waals surface area contributed by atoms with Crippen molar-refractivity contribution in [1.82, 2.24) is 5.32 Å². The van der Waals surface area contributed by atoms with E-state index >= 15 is 0 Å². The van der Waals surface area contributed by atoms with Crippen LogP contribution in [0.25, 0.3) is 0 Å². The Hall–Kier alpha value is -2.06. The van der Waals surface area contributed by atoms with Crippen molar-refractivity contribution in [3.05, 3.63) is 72.9 Å². The molecule has 0 radical (unpaired) electrons. The van der Waals surface area contributed by atoms with Gasteiger partial charge in [-0.2, -0.15) is 0 Å². The lowest BCUT2D eigenvalue weighted by atomic mass is 10.0. The highest BCUT2D eigenvalue weighted by Crippen LogP contribution is 2.38. The first-order valence-electron chi connectivity index (χ1n) is 27.3. The fraction of sp³-hybridized carbons (Fsp3) is 0.772. The van der Waals surface area contributed by atoms with E-state index < -0.39 is 26.6 Å². The van der Waals surface area contributed by atoms with Crippen molar-refractivity contribution in [2.45, 2.75) is 244 Å². The SMILES string of the molecule is CC/C=C\C/C=C\C/C=C\C/C=C\CCCCC(=O)NC(COP(=O)([O-])OCC[N+](C)(C)C)C(O)/C=C/CC/C=C/CCCCCCCCCCCCCCCCCCCCCCCCC. The number of unbranched alkanes of at least 4 members (excludes halogenated alkanes) is 26. The molecule has 3 unspecified atom stereocenters. The molecule has 0 aromatic heterocycles. The van der Waals surface area contributed by atoms with Crippen molar-refractivity contribution in [1.29, 1.82) is 0 Å². The Bertz CT molecular complexity index is 1300. The predicted molar refractivity (Wildman–Crippen MR) is 284 cm³/mol. The Morgan fingerprint density at radius 1 is 0.545 bits per heavy atom. The molecule has 0 rings (SSSR count). The first kappa shape index (κ1) is 63.9. The minimum absolute atomic E-state index is 0.0177. The van der Waals surface area contributed by atoms with E-state index in [0.717, 1.165) is 57.8 Å². The number of carbonyl (C=O) groups excluding carboxylic acids is 1. The Kier molecular flexibility index (Phi) is 46.5. The second kappa shape index (κ2) is 48.0. The molecule has 8 nitrogen and oxygen atoms in total. The van der Waals surface area contributed by atoms with Crippen LogP contribution in [0.2, 0.25) is 0 Å². The molecule has 0 aromatic rings. The largest absolute Gasteiger partial charge is 0.756 e. The molecule has 0 aliphatic heterocycles. The van der Waals surface area contributed by atoms with Crippen LogP contribution >= 0.6 is 7.82 Å². The molecule has 0 saturated heterocycles. The Labute approximate surface area is 408 Å². The first-order chi connectivity index (χ1) is 32.0. The maximum Gasteiger partial charge on any atom is 0.268 e. The van der Waals surface area contributed by atoms with Gasteiger partial charge in [0.05, 0.1) is 39.9 Å². The van der Waals surface area contributed by atoms with Crippen LogP contribution in [-0.4, -0.2) is 68.5 Å². The topological polar surface area (TPSA) is 108 Å². The summed E-state index contributed by atoms with van der Waals surface area (Å²) in [4.78, 5) is 25.4. The highest BCUT2D eigenvalue weighted by Gasteiger charge is 2.23. The van der Waals surface area contributed by atoms with Crippen LogP contribution < -0.4 is 10.2 Å². The van der Waals surface area contributed by atoms with Crippen LogP contribution in [0, 0.1) is 0 Å². The van der Waals surface area contributed by atoms with Crippen molar-refractivity contribution >= 4 is 13.7 Å². The predicted octanol–water partition coefficient (Wildman–Crippen LogP) is 15.7. The van der Waals surface area contributed by atoms with Gasteiger partial charge in [-0.25, -0.2) is 0 Å². The third-order valence-electron chi connectivity index (χ3n) is 11.9. The van der Waals surface area contributed by atoms with E-state index in [2.05, 4.69) is 79.9 Å². The summed E-state index contributed by atoms with van der Waals surface area (Å²) in [6.07, 6.45) is 65.7. The molecule has 0 spiro atoms. The zero-order valence-electron chi connectivity index (χ0n) is 43.6. The van der Waals surface area contributed by atoms with Crippen LogP contribution in [0.1, 0.15) is 232 Å². The molecule has 384 valence electrons. The van der Waals surface area contributed by atoms with Crippen LogP contribution in [0.15, 0.2) is 72.9 Å². The van der Waals surface area contributed by atoms with Crippen LogP contribution in [0.5, 0.6) is 0 Å². The zero-order chi connectivity index (χ0) is 48.5. The zero-order valence-corrected chi connectivity index (χ0v) is 44.5. The first-order valence-corrected chi connectivity index (χ1v) is 28.8. The number of aliphatic hydroxyl groups is 1. The van der Waals surface area contributed by atoms with Crippen molar-refractivity contribution in [2.24, 2.45) is 0 Å². The summed E-state index contributed by atoms with van der Waals surface area (Å²) in [6, 6.07) is -0.929. The number of quaternary nitrogens is 1. The fourth-order valence-corrected chi connectivity index (χ4v) is 8.35. The Balaban J connectivity index is 4.26. The Morgan fingerprint density at radius 2 is 0.939 bits per heavy atom. The maximum atomic E-state index is 12.9. The number of phosphoric ester groups is 1. The molecule has 1 amide bonds. The smallest absolute Gasteiger partial charge is 0.268 e. The number of rotatable bonds is 49. The van der Waals surface area contributed by atoms with Gasteiger partial charge < -0.3 is 28.8 Å². The van der Waals surface area contributed by atoms with Gasteiger partial charge >= 0.3 is 0 Å². The van der Waals surface area contributed by atoms with Crippen molar-refractivity contribution in [3.8, 4) is 0 Å². The monoisotopic (exact) mass is 945 g/mol. The van der Waals surface area contributed by atoms with E-state index in [-0.39, 0.29) is 18.9 Å². The van der Waals surface area contributed by atoms with E-state index in [1.165, 1.54) is 148 Å². The summed E-state index contributed by atoms with van der Waals surface area (Å²) in [7, 11) is 1.21. The van der Waals surface area contributed by atoms with Crippen LogP contribution in [0.3, 0.4) is 0 Å².